The maximum Gasteiger partial charge on any atom is 0.410 e. The van der Waals surface area contributed by atoms with E-state index in [1.54, 1.807) is 12.0 Å². The molecule has 118 valence electrons. The third-order valence-corrected chi connectivity index (χ3v) is 3.17. The zero-order valence-electron chi connectivity index (χ0n) is 13.1. The molecule has 2 unspecified atom stereocenters. The summed E-state index contributed by atoms with van der Waals surface area (Å²) in [6, 6.07) is -0.256. The van der Waals surface area contributed by atoms with Crippen LogP contribution >= 0.6 is 0 Å². The van der Waals surface area contributed by atoms with E-state index < -0.39 is 5.60 Å². The number of morpholine rings is 1. The highest BCUT2D eigenvalue weighted by Gasteiger charge is 2.34. The second-order valence-corrected chi connectivity index (χ2v) is 6.11. The second-order valence-electron chi connectivity index (χ2n) is 6.11. The van der Waals surface area contributed by atoms with Crippen molar-refractivity contribution in [3.8, 4) is 0 Å². The first-order valence-electron chi connectivity index (χ1n) is 7.17. The van der Waals surface area contributed by atoms with Gasteiger partial charge in [0.05, 0.1) is 19.3 Å². The molecule has 1 rings (SSSR count). The van der Waals surface area contributed by atoms with E-state index in [0.29, 0.717) is 26.4 Å². The van der Waals surface area contributed by atoms with Crippen molar-refractivity contribution in [2.75, 3.05) is 33.5 Å². The summed E-state index contributed by atoms with van der Waals surface area (Å²) in [4.78, 5) is 13.9. The van der Waals surface area contributed by atoms with Crippen LogP contribution in [0.1, 0.15) is 33.6 Å². The number of hydrogen-bond donors (Lipinski definition) is 1. The summed E-state index contributed by atoms with van der Waals surface area (Å²) in [6.07, 6.45) is 1.35. The zero-order valence-corrected chi connectivity index (χ0v) is 13.1. The van der Waals surface area contributed by atoms with Crippen LogP contribution in [0.5, 0.6) is 0 Å². The van der Waals surface area contributed by atoms with E-state index in [0.717, 1.165) is 12.8 Å². The Morgan fingerprint density at radius 3 is 2.80 bits per heavy atom. The van der Waals surface area contributed by atoms with E-state index in [9.17, 15) is 4.79 Å². The average Bonchev–Trinajstić information content (AvgIpc) is 2.37. The van der Waals surface area contributed by atoms with Crippen molar-refractivity contribution >= 4 is 6.09 Å². The van der Waals surface area contributed by atoms with E-state index in [1.807, 2.05) is 20.8 Å². The van der Waals surface area contributed by atoms with E-state index in [1.165, 1.54) is 0 Å². The van der Waals surface area contributed by atoms with Crippen molar-refractivity contribution in [3.63, 3.8) is 0 Å². The number of nitrogens with two attached hydrogens (primary N) is 1. The highest BCUT2D eigenvalue weighted by molar-refractivity contribution is 5.68. The lowest BCUT2D eigenvalue weighted by Gasteiger charge is -2.39. The highest BCUT2D eigenvalue weighted by Crippen LogP contribution is 2.17. The van der Waals surface area contributed by atoms with Gasteiger partial charge in [0, 0.05) is 26.3 Å². The fraction of sp³-hybridized carbons (Fsp3) is 0.929. The predicted molar refractivity (Wildman–Crippen MR) is 76.6 cm³/mol. The lowest BCUT2D eigenvalue weighted by molar-refractivity contribution is -0.0388. The topological polar surface area (TPSA) is 74.0 Å². The monoisotopic (exact) mass is 288 g/mol. The Morgan fingerprint density at radius 2 is 2.20 bits per heavy atom. The van der Waals surface area contributed by atoms with Gasteiger partial charge in [-0.1, -0.05) is 0 Å². The molecule has 0 spiro atoms. The summed E-state index contributed by atoms with van der Waals surface area (Å²) in [6.45, 7) is 7.77. The third-order valence-electron chi connectivity index (χ3n) is 3.17. The first-order valence-corrected chi connectivity index (χ1v) is 7.17. The summed E-state index contributed by atoms with van der Waals surface area (Å²) >= 11 is 0. The van der Waals surface area contributed by atoms with Gasteiger partial charge in [-0.25, -0.2) is 4.79 Å². The Morgan fingerprint density at radius 1 is 1.50 bits per heavy atom. The van der Waals surface area contributed by atoms with Crippen LogP contribution in [0, 0.1) is 0 Å². The number of hydrogen-bond acceptors (Lipinski definition) is 5. The molecular weight excluding hydrogens is 260 g/mol. The van der Waals surface area contributed by atoms with Crippen molar-refractivity contribution in [1.82, 2.24) is 4.90 Å². The van der Waals surface area contributed by atoms with Crippen LogP contribution in [-0.2, 0) is 14.2 Å². The summed E-state index contributed by atoms with van der Waals surface area (Å²) in [7, 11) is 1.67. The van der Waals surface area contributed by atoms with E-state index in [-0.39, 0.29) is 18.2 Å². The summed E-state index contributed by atoms with van der Waals surface area (Å²) < 4.78 is 15.9. The van der Waals surface area contributed by atoms with Crippen molar-refractivity contribution in [3.05, 3.63) is 0 Å². The average molecular weight is 288 g/mol. The fourth-order valence-electron chi connectivity index (χ4n) is 2.18. The van der Waals surface area contributed by atoms with E-state index in [2.05, 4.69) is 0 Å². The van der Waals surface area contributed by atoms with Gasteiger partial charge in [0.2, 0.25) is 0 Å². The summed E-state index contributed by atoms with van der Waals surface area (Å²) in [5.74, 6) is 0. The number of amides is 1. The second kappa shape index (κ2) is 7.81. The van der Waals surface area contributed by atoms with Gasteiger partial charge in [0.1, 0.15) is 5.60 Å². The number of nitrogens with zero attached hydrogens (tertiary/aromatic N) is 1. The van der Waals surface area contributed by atoms with Crippen molar-refractivity contribution in [2.24, 2.45) is 5.73 Å². The third kappa shape index (κ3) is 5.64. The molecule has 1 fully saturated rings. The standard InChI is InChI=1S/C14H28N2O4/c1-14(2,3)20-13(17)16-7-9-19-10-12(16)11(15)6-5-8-18-4/h11-12H,5-10,15H2,1-4H3. The first-order chi connectivity index (χ1) is 9.35. The van der Waals surface area contributed by atoms with Crippen molar-refractivity contribution < 1.29 is 19.0 Å². The molecule has 0 aliphatic carbocycles. The smallest absolute Gasteiger partial charge is 0.410 e. The predicted octanol–water partition coefficient (Wildman–Crippen LogP) is 1.38. The van der Waals surface area contributed by atoms with Crippen LogP contribution in [0.2, 0.25) is 0 Å². The first kappa shape index (κ1) is 17.2. The minimum absolute atomic E-state index is 0.127. The van der Waals surface area contributed by atoms with Crippen molar-refractivity contribution in [1.29, 1.82) is 0 Å². The number of rotatable bonds is 5. The van der Waals surface area contributed by atoms with Gasteiger partial charge in [0.15, 0.2) is 0 Å². The Balaban J connectivity index is 2.59. The minimum Gasteiger partial charge on any atom is -0.444 e. The molecule has 0 aromatic heterocycles. The van der Waals surface area contributed by atoms with Gasteiger partial charge in [-0.2, -0.15) is 0 Å². The summed E-state index contributed by atoms with van der Waals surface area (Å²) in [5.41, 5.74) is 5.70. The molecule has 6 heteroatoms. The fourth-order valence-corrected chi connectivity index (χ4v) is 2.18. The van der Waals surface area contributed by atoms with Crippen LogP contribution in [0.4, 0.5) is 4.79 Å². The lowest BCUT2D eigenvalue weighted by Crippen LogP contribution is -2.57. The SMILES string of the molecule is COCCCC(N)C1COCCN1C(=O)OC(C)(C)C. The van der Waals surface area contributed by atoms with Crippen LogP contribution in [0.15, 0.2) is 0 Å². The molecule has 0 saturated carbocycles. The Bertz CT molecular complexity index is 304. The number of methoxy groups -OCH3 is 1. The van der Waals surface area contributed by atoms with Gasteiger partial charge >= 0.3 is 6.09 Å². The van der Waals surface area contributed by atoms with Gasteiger partial charge in [0.25, 0.3) is 0 Å². The molecule has 1 saturated heterocycles. The highest BCUT2D eigenvalue weighted by atomic mass is 16.6. The molecular formula is C14H28N2O4. The Kier molecular flexibility index (Phi) is 6.71. The van der Waals surface area contributed by atoms with Gasteiger partial charge in [-0.3, -0.25) is 4.90 Å². The van der Waals surface area contributed by atoms with Crippen LogP contribution in [-0.4, -0.2) is 62.2 Å². The van der Waals surface area contributed by atoms with Gasteiger partial charge < -0.3 is 19.9 Å². The molecule has 20 heavy (non-hydrogen) atoms. The quantitative estimate of drug-likeness (QED) is 0.774. The Labute approximate surface area is 121 Å². The molecule has 1 amide bonds. The molecule has 0 bridgehead atoms. The van der Waals surface area contributed by atoms with Gasteiger partial charge in [-0.05, 0) is 33.6 Å². The van der Waals surface area contributed by atoms with Crippen LogP contribution in [0.3, 0.4) is 0 Å². The molecule has 1 aliphatic heterocycles. The van der Waals surface area contributed by atoms with Crippen LogP contribution < -0.4 is 5.73 Å². The minimum atomic E-state index is -0.500. The Hall–Kier alpha value is -0.850. The van der Waals surface area contributed by atoms with E-state index in [4.69, 9.17) is 19.9 Å². The zero-order chi connectivity index (χ0) is 15.2. The maximum atomic E-state index is 12.2. The molecule has 0 radical (unpaired) electrons. The number of ether oxygens (including phenoxy) is 3. The molecule has 0 aromatic carbocycles. The lowest BCUT2D eigenvalue weighted by atomic mass is 10.0. The maximum absolute atomic E-state index is 12.2. The molecule has 2 N–H and O–H groups in total. The largest absolute Gasteiger partial charge is 0.444 e. The van der Waals surface area contributed by atoms with E-state index >= 15 is 0 Å². The molecule has 1 aliphatic rings. The van der Waals surface area contributed by atoms with Crippen molar-refractivity contribution in [2.45, 2.75) is 51.3 Å². The summed E-state index contributed by atoms with van der Waals surface area (Å²) in [5, 5.41) is 0. The normalized spacial score (nSPS) is 21.6. The number of carbonyl (C=O) groups excluding carboxylic acids is 1. The molecule has 6 nitrogen and oxygen atoms in total. The molecule has 1 heterocycles. The van der Waals surface area contributed by atoms with Gasteiger partial charge in [-0.15, -0.1) is 0 Å². The van der Waals surface area contributed by atoms with Crippen LogP contribution in [0.25, 0.3) is 0 Å². The molecule has 0 aromatic rings. The molecule has 2 atom stereocenters. The number of carbonyl (C=O) groups is 1.